The van der Waals surface area contributed by atoms with Gasteiger partial charge in [-0.1, -0.05) is 33.8 Å². The van der Waals surface area contributed by atoms with Gasteiger partial charge in [-0.2, -0.15) is 5.26 Å². The molecule has 0 aliphatic heterocycles. The van der Waals surface area contributed by atoms with E-state index in [2.05, 4.69) is 55.0 Å². The Hall–Kier alpha value is -1.01. The number of nitrogens with zero attached hydrogens (tertiary/aromatic N) is 1. The second kappa shape index (κ2) is 5.41. The van der Waals surface area contributed by atoms with E-state index in [-0.39, 0.29) is 0 Å². The Balaban J connectivity index is 2.22. The van der Waals surface area contributed by atoms with Crippen LogP contribution in [0.15, 0.2) is 22.7 Å². The number of nitrogens with one attached hydrogen (secondary N) is 1. The van der Waals surface area contributed by atoms with Crippen LogP contribution in [0.5, 0.6) is 0 Å². The predicted octanol–water partition coefficient (Wildman–Crippen LogP) is 5.34. The summed E-state index contributed by atoms with van der Waals surface area (Å²) < 4.78 is 0.860. The van der Waals surface area contributed by atoms with Crippen LogP contribution in [0, 0.1) is 22.2 Å². The maximum atomic E-state index is 9.31. The molecule has 1 aromatic rings. The second-order valence-corrected chi connectivity index (χ2v) is 8.38. The van der Waals surface area contributed by atoms with Gasteiger partial charge in [0.05, 0.1) is 11.3 Å². The van der Waals surface area contributed by atoms with Crippen LogP contribution in [0.4, 0.5) is 5.69 Å². The predicted molar refractivity (Wildman–Crippen MR) is 87.7 cm³/mol. The Kier molecular flexibility index (Phi) is 4.16. The molecule has 1 saturated carbocycles. The third-order valence-corrected chi connectivity index (χ3v) is 4.70. The smallest absolute Gasteiger partial charge is 0.103 e. The molecule has 1 aliphatic rings. The zero-order chi connectivity index (χ0) is 15.0. The molecule has 20 heavy (non-hydrogen) atoms. The summed E-state index contributed by atoms with van der Waals surface area (Å²) in [7, 11) is 0. The van der Waals surface area contributed by atoms with Crippen LogP contribution in [-0.4, -0.2) is 6.04 Å². The fraction of sp³-hybridized carbons (Fsp3) is 0.588. The van der Waals surface area contributed by atoms with Gasteiger partial charge in [0.15, 0.2) is 0 Å². The van der Waals surface area contributed by atoms with Crippen LogP contribution in [0.2, 0.25) is 0 Å². The molecule has 0 bridgehead atoms. The standard InChI is InChI=1S/C17H23BrN2/c1-16(2)8-12(9-17(3,4)11-16)20-15-7-5-6-14(18)13(15)10-19/h5-7,12,20H,8-9,11H2,1-4H3. The zero-order valence-corrected chi connectivity index (χ0v) is 14.3. The highest BCUT2D eigenvalue weighted by molar-refractivity contribution is 9.10. The molecule has 0 aromatic heterocycles. The average molecular weight is 335 g/mol. The molecule has 108 valence electrons. The SMILES string of the molecule is CC1(C)CC(Nc2cccc(Br)c2C#N)CC(C)(C)C1. The molecule has 0 unspecified atom stereocenters. The number of nitriles is 1. The summed E-state index contributed by atoms with van der Waals surface area (Å²) in [4.78, 5) is 0. The molecule has 0 atom stereocenters. The minimum absolute atomic E-state index is 0.345. The van der Waals surface area contributed by atoms with Crippen LogP contribution in [0.1, 0.15) is 52.5 Å². The van der Waals surface area contributed by atoms with Gasteiger partial charge >= 0.3 is 0 Å². The van der Waals surface area contributed by atoms with Crippen molar-refractivity contribution in [2.45, 2.75) is 53.0 Å². The highest BCUT2D eigenvalue weighted by Crippen LogP contribution is 2.46. The molecule has 1 aromatic carbocycles. The third kappa shape index (κ3) is 3.55. The molecule has 0 spiro atoms. The molecule has 2 nitrogen and oxygen atoms in total. The van der Waals surface area contributed by atoms with E-state index >= 15 is 0 Å². The first-order valence-electron chi connectivity index (χ1n) is 7.18. The molecule has 0 saturated heterocycles. The lowest BCUT2D eigenvalue weighted by Crippen LogP contribution is -2.40. The number of benzene rings is 1. The zero-order valence-electron chi connectivity index (χ0n) is 12.8. The highest BCUT2D eigenvalue weighted by atomic mass is 79.9. The van der Waals surface area contributed by atoms with Gasteiger partial charge in [-0.05, 0) is 58.2 Å². The normalized spacial score (nSPS) is 21.2. The molecule has 0 radical (unpaired) electrons. The summed E-state index contributed by atoms with van der Waals surface area (Å²) in [6.07, 6.45) is 3.55. The first-order valence-corrected chi connectivity index (χ1v) is 7.97. The van der Waals surface area contributed by atoms with Gasteiger partial charge in [-0.3, -0.25) is 0 Å². The minimum atomic E-state index is 0.345. The van der Waals surface area contributed by atoms with Gasteiger partial charge in [0.25, 0.3) is 0 Å². The fourth-order valence-corrected chi connectivity index (χ4v) is 4.38. The Labute approximate surface area is 130 Å². The van der Waals surface area contributed by atoms with E-state index in [0.717, 1.165) is 23.0 Å². The molecule has 1 N–H and O–H groups in total. The monoisotopic (exact) mass is 334 g/mol. The Morgan fingerprint density at radius 1 is 1.20 bits per heavy atom. The van der Waals surface area contributed by atoms with Crippen molar-refractivity contribution in [3.8, 4) is 6.07 Å². The first-order chi connectivity index (χ1) is 9.22. The molecule has 1 fully saturated rings. The summed E-state index contributed by atoms with van der Waals surface area (Å²) in [6, 6.07) is 8.60. The van der Waals surface area contributed by atoms with Gasteiger partial charge in [-0.25, -0.2) is 0 Å². The van der Waals surface area contributed by atoms with Crippen molar-refractivity contribution in [2.75, 3.05) is 5.32 Å². The third-order valence-electron chi connectivity index (χ3n) is 4.04. The fourth-order valence-electron chi connectivity index (χ4n) is 3.93. The lowest BCUT2D eigenvalue weighted by molar-refractivity contribution is 0.105. The topological polar surface area (TPSA) is 35.8 Å². The van der Waals surface area contributed by atoms with Crippen molar-refractivity contribution in [1.29, 1.82) is 5.26 Å². The van der Waals surface area contributed by atoms with Crippen molar-refractivity contribution < 1.29 is 0 Å². The van der Waals surface area contributed by atoms with Gasteiger partial charge < -0.3 is 5.32 Å². The van der Waals surface area contributed by atoms with Crippen molar-refractivity contribution >= 4 is 21.6 Å². The van der Waals surface area contributed by atoms with Crippen LogP contribution in [0.3, 0.4) is 0 Å². The van der Waals surface area contributed by atoms with E-state index in [1.165, 1.54) is 6.42 Å². The number of halogens is 1. The molecule has 0 amide bonds. The summed E-state index contributed by atoms with van der Waals surface area (Å²) in [5.74, 6) is 0. The van der Waals surface area contributed by atoms with Crippen molar-refractivity contribution in [3.63, 3.8) is 0 Å². The second-order valence-electron chi connectivity index (χ2n) is 7.53. The van der Waals surface area contributed by atoms with Crippen LogP contribution >= 0.6 is 15.9 Å². The highest BCUT2D eigenvalue weighted by Gasteiger charge is 2.38. The van der Waals surface area contributed by atoms with Crippen molar-refractivity contribution in [1.82, 2.24) is 0 Å². The molecular formula is C17H23BrN2. The van der Waals surface area contributed by atoms with Crippen LogP contribution in [0.25, 0.3) is 0 Å². The minimum Gasteiger partial charge on any atom is -0.381 e. The van der Waals surface area contributed by atoms with E-state index in [9.17, 15) is 5.26 Å². The average Bonchev–Trinajstić information content (AvgIpc) is 2.24. The Morgan fingerprint density at radius 2 is 1.80 bits per heavy atom. The van der Waals surface area contributed by atoms with Gasteiger partial charge in [-0.15, -0.1) is 0 Å². The number of rotatable bonds is 2. The summed E-state index contributed by atoms with van der Waals surface area (Å²) in [6.45, 7) is 9.37. The van der Waals surface area contributed by atoms with Gasteiger partial charge in [0.1, 0.15) is 6.07 Å². The largest absolute Gasteiger partial charge is 0.381 e. The number of hydrogen-bond acceptors (Lipinski definition) is 2. The maximum absolute atomic E-state index is 9.31. The van der Waals surface area contributed by atoms with Gasteiger partial charge in [0.2, 0.25) is 0 Å². The Bertz CT molecular complexity index is 524. The van der Waals surface area contributed by atoms with Gasteiger partial charge in [0, 0.05) is 10.5 Å². The molecule has 1 aliphatic carbocycles. The van der Waals surface area contributed by atoms with E-state index in [1.54, 1.807) is 0 Å². The first kappa shape index (κ1) is 15.4. The summed E-state index contributed by atoms with van der Waals surface area (Å²) in [5, 5.41) is 12.9. The van der Waals surface area contributed by atoms with E-state index in [1.807, 2.05) is 18.2 Å². The van der Waals surface area contributed by atoms with Crippen LogP contribution < -0.4 is 5.32 Å². The van der Waals surface area contributed by atoms with E-state index in [4.69, 9.17) is 0 Å². The lowest BCUT2D eigenvalue weighted by Gasteiger charge is -2.45. The van der Waals surface area contributed by atoms with Crippen molar-refractivity contribution in [2.24, 2.45) is 10.8 Å². The molecule has 3 heteroatoms. The number of anilines is 1. The van der Waals surface area contributed by atoms with E-state index < -0.39 is 0 Å². The lowest BCUT2D eigenvalue weighted by atomic mass is 9.63. The summed E-state index contributed by atoms with van der Waals surface area (Å²) >= 11 is 3.45. The van der Waals surface area contributed by atoms with Crippen LogP contribution in [-0.2, 0) is 0 Å². The summed E-state index contributed by atoms with van der Waals surface area (Å²) in [5.41, 5.74) is 2.34. The van der Waals surface area contributed by atoms with Crippen molar-refractivity contribution in [3.05, 3.63) is 28.2 Å². The molecule has 2 rings (SSSR count). The molecular weight excluding hydrogens is 312 g/mol. The number of hydrogen-bond donors (Lipinski definition) is 1. The molecule has 0 heterocycles. The quantitative estimate of drug-likeness (QED) is 0.792. The maximum Gasteiger partial charge on any atom is 0.103 e. The van der Waals surface area contributed by atoms with E-state index in [0.29, 0.717) is 22.4 Å². The Morgan fingerprint density at radius 3 is 2.35 bits per heavy atom.